The second-order valence-corrected chi connectivity index (χ2v) is 7.48. The van der Waals surface area contributed by atoms with Crippen molar-refractivity contribution in [2.75, 3.05) is 13.1 Å². The van der Waals surface area contributed by atoms with Crippen molar-refractivity contribution in [2.24, 2.45) is 0 Å². The van der Waals surface area contributed by atoms with E-state index in [2.05, 4.69) is 15.5 Å². The maximum atomic E-state index is 14.0. The molecule has 0 spiro atoms. The molecule has 2 heterocycles. The fraction of sp³-hybridized carbons (Fsp3) is 0.261. The third-order valence-electron chi connectivity index (χ3n) is 5.37. The van der Waals surface area contributed by atoms with Crippen LogP contribution in [0.4, 0.5) is 8.78 Å². The number of fused-ring (bicyclic) bond motifs is 1. The average Bonchev–Trinajstić information content (AvgIpc) is 3.22. The number of nitrogens with one attached hydrogen (secondary N) is 2. The summed E-state index contributed by atoms with van der Waals surface area (Å²) in [7, 11) is 0. The van der Waals surface area contributed by atoms with Crippen molar-refractivity contribution in [3.8, 4) is 0 Å². The largest absolute Gasteiger partial charge is 0.351 e. The number of hydrogen-bond acceptors (Lipinski definition) is 3. The van der Waals surface area contributed by atoms with Gasteiger partial charge in [0.2, 0.25) is 0 Å². The Hall–Kier alpha value is -3.55. The van der Waals surface area contributed by atoms with Gasteiger partial charge < -0.3 is 10.2 Å². The van der Waals surface area contributed by atoms with Crippen LogP contribution < -0.4 is 5.32 Å². The zero-order chi connectivity index (χ0) is 21.8. The van der Waals surface area contributed by atoms with Crippen LogP contribution >= 0.6 is 0 Å². The lowest BCUT2D eigenvalue weighted by Crippen LogP contribution is -2.37. The zero-order valence-corrected chi connectivity index (χ0v) is 16.8. The molecular weight excluding hydrogens is 402 g/mol. The molecular formula is C23H22F2N4O2. The van der Waals surface area contributed by atoms with E-state index in [4.69, 9.17) is 0 Å². The molecule has 1 aliphatic rings. The van der Waals surface area contributed by atoms with Crippen molar-refractivity contribution in [1.82, 2.24) is 20.4 Å². The summed E-state index contributed by atoms with van der Waals surface area (Å²) < 4.78 is 27.5. The minimum atomic E-state index is -0.777. The van der Waals surface area contributed by atoms with E-state index in [1.54, 1.807) is 0 Å². The summed E-state index contributed by atoms with van der Waals surface area (Å²) in [6, 6.07) is 12.8. The lowest BCUT2D eigenvalue weighted by molar-refractivity contribution is 0.0726. The van der Waals surface area contributed by atoms with Gasteiger partial charge in [0.15, 0.2) is 5.69 Å². The lowest BCUT2D eigenvalue weighted by atomic mass is 10.0. The van der Waals surface area contributed by atoms with Crippen LogP contribution in [-0.4, -0.2) is 40.0 Å². The fourth-order valence-corrected chi connectivity index (χ4v) is 3.71. The molecule has 2 N–H and O–H groups in total. The quantitative estimate of drug-likeness (QED) is 0.597. The fourth-order valence-electron chi connectivity index (χ4n) is 3.71. The van der Waals surface area contributed by atoms with Crippen molar-refractivity contribution in [3.05, 3.63) is 88.2 Å². The third kappa shape index (κ3) is 4.63. The number of aromatic amines is 1. The molecule has 0 radical (unpaired) electrons. The predicted octanol–water partition coefficient (Wildman–Crippen LogP) is 3.25. The highest BCUT2D eigenvalue weighted by atomic mass is 19.1. The summed E-state index contributed by atoms with van der Waals surface area (Å²) in [6.07, 6.45) is 2.08. The first kappa shape index (κ1) is 20.7. The molecule has 160 valence electrons. The van der Waals surface area contributed by atoms with Crippen LogP contribution in [0, 0.1) is 11.6 Å². The Labute approximate surface area is 178 Å². The molecule has 4 rings (SSSR count). The number of carbonyl (C=O) groups is 2. The minimum Gasteiger partial charge on any atom is -0.351 e. The number of nitrogens with zero attached hydrogens (tertiary/aromatic N) is 2. The Morgan fingerprint density at radius 1 is 1.13 bits per heavy atom. The van der Waals surface area contributed by atoms with Gasteiger partial charge in [0.25, 0.3) is 11.8 Å². The van der Waals surface area contributed by atoms with E-state index >= 15 is 0 Å². The zero-order valence-electron chi connectivity index (χ0n) is 16.8. The van der Waals surface area contributed by atoms with E-state index in [1.807, 2.05) is 30.3 Å². The lowest BCUT2D eigenvalue weighted by Gasteiger charge is -2.27. The second kappa shape index (κ2) is 9.07. The van der Waals surface area contributed by atoms with Crippen LogP contribution in [0.5, 0.6) is 0 Å². The van der Waals surface area contributed by atoms with Crippen LogP contribution in [0.3, 0.4) is 0 Å². The van der Waals surface area contributed by atoms with Crippen LogP contribution in [0.15, 0.2) is 48.5 Å². The van der Waals surface area contributed by atoms with Crippen LogP contribution in [0.1, 0.15) is 44.1 Å². The minimum absolute atomic E-state index is 0.105. The Kier molecular flexibility index (Phi) is 6.06. The highest BCUT2D eigenvalue weighted by Crippen LogP contribution is 2.23. The van der Waals surface area contributed by atoms with Crippen molar-refractivity contribution in [2.45, 2.75) is 25.8 Å². The summed E-state index contributed by atoms with van der Waals surface area (Å²) in [5.74, 6) is -2.39. The molecule has 31 heavy (non-hydrogen) atoms. The van der Waals surface area contributed by atoms with Gasteiger partial charge in [-0.2, -0.15) is 5.10 Å². The number of amides is 2. The van der Waals surface area contributed by atoms with Crippen molar-refractivity contribution >= 4 is 11.8 Å². The Morgan fingerprint density at radius 2 is 1.94 bits per heavy atom. The van der Waals surface area contributed by atoms with Gasteiger partial charge in [0, 0.05) is 30.8 Å². The number of hydrogen-bond donors (Lipinski definition) is 2. The summed E-state index contributed by atoms with van der Waals surface area (Å²) in [5, 5.41) is 9.85. The van der Waals surface area contributed by atoms with Gasteiger partial charge in [-0.15, -0.1) is 0 Å². The number of aromatic nitrogens is 2. The standard InChI is InChI=1S/C23H22F2N4O2/c24-16-8-9-19(25)17(13-16)23(31)29-12-10-20-18(14-29)21(28-27-20)22(30)26-11-4-7-15-5-2-1-3-6-15/h1-3,5-6,8-9,13H,4,7,10-12,14H2,(H,26,30)(H,27,28). The van der Waals surface area contributed by atoms with Gasteiger partial charge in [-0.25, -0.2) is 8.78 Å². The van der Waals surface area contributed by atoms with Crippen molar-refractivity contribution in [3.63, 3.8) is 0 Å². The van der Waals surface area contributed by atoms with E-state index < -0.39 is 17.5 Å². The molecule has 0 bridgehead atoms. The van der Waals surface area contributed by atoms with Crippen LogP contribution in [0.25, 0.3) is 0 Å². The smallest absolute Gasteiger partial charge is 0.272 e. The van der Waals surface area contributed by atoms with Gasteiger partial charge in [-0.1, -0.05) is 30.3 Å². The molecule has 0 saturated heterocycles. The molecule has 0 atom stereocenters. The third-order valence-corrected chi connectivity index (χ3v) is 5.37. The van der Waals surface area contributed by atoms with E-state index in [9.17, 15) is 18.4 Å². The molecule has 2 aromatic carbocycles. The first-order valence-corrected chi connectivity index (χ1v) is 10.2. The van der Waals surface area contributed by atoms with Gasteiger partial charge in [0.05, 0.1) is 12.1 Å². The maximum Gasteiger partial charge on any atom is 0.272 e. The first-order valence-electron chi connectivity index (χ1n) is 10.2. The summed E-state index contributed by atoms with van der Waals surface area (Å²) in [4.78, 5) is 26.8. The van der Waals surface area contributed by atoms with E-state index in [0.29, 0.717) is 25.1 Å². The van der Waals surface area contributed by atoms with Gasteiger partial charge in [-0.3, -0.25) is 14.7 Å². The number of carbonyl (C=O) groups excluding carboxylic acids is 2. The number of aryl methyl sites for hydroxylation is 1. The SMILES string of the molecule is O=C(NCCCc1ccccc1)c1n[nH]c2c1CN(C(=O)c1cc(F)ccc1F)CC2. The Bertz CT molecular complexity index is 1100. The van der Waals surface area contributed by atoms with Gasteiger partial charge >= 0.3 is 0 Å². The molecule has 1 aromatic heterocycles. The molecule has 1 aliphatic heterocycles. The predicted molar refractivity (Wildman–Crippen MR) is 110 cm³/mol. The highest BCUT2D eigenvalue weighted by molar-refractivity contribution is 5.96. The van der Waals surface area contributed by atoms with E-state index in [0.717, 1.165) is 36.7 Å². The van der Waals surface area contributed by atoms with Gasteiger partial charge in [-0.05, 0) is 36.6 Å². The van der Waals surface area contributed by atoms with Crippen molar-refractivity contribution in [1.29, 1.82) is 0 Å². The number of benzene rings is 2. The van der Waals surface area contributed by atoms with Crippen LogP contribution in [0.2, 0.25) is 0 Å². The number of rotatable bonds is 6. The van der Waals surface area contributed by atoms with E-state index in [-0.39, 0.29) is 23.7 Å². The molecule has 2 amide bonds. The molecule has 3 aromatic rings. The Morgan fingerprint density at radius 3 is 2.74 bits per heavy atom. The highest BCUT2D eigenvalue weighted by Gasteiger charge is 2.29. The number of halogens is 2. The molecule has 0 fully saturated rings. The summed E-state index contributed by atoms with van der Waals surface area (Å²) in [6.45, 7) is 0.919. The molecule has 0 aliphatic carbocycles. The molecule has 0 unspecified atom stereocenters. The average molecular weight is 424 g/mol. The topological polar surface area (TPSA) is 78.1 Å². The Balaban J connectivity index is 1.39. The summed E-state index contributed by atoms with van der Waals surface area (Å²) in [5.41, 5.74) is 2.49. The van der Waals surface area contributed by atoms with E-state index in [1.165, 1.54) is 10.5 Å². The monoisotopic (exact) mass is 424 g/mol. The second-order valence-electron chi connectivity index (χ2n) is 7.48. The normalized spacial score (nSPS) is 13.0. The van der Waals surface area contributed by atoms with Gasteiger partial charge in [0.1, 0.15) is 11.6 Å². The summed E-state index contributed by atoms with van der Waals surface area (Å²) >= 11 is 0. The molecule has 0 saturated carbocycles. The number of H-pyrrole nitrogens is 1. The maximum absolute atomic E-state index is 14.0. The van der Waals surface area contributed by atoms with Crippen LogP contribution in [-0.2, 0) is 19.4 Å². The molecule has 8 heteroatoms. The molecule has 6 nitrogen and oxygen atoms in total. The first-order chi connectivity index (χ1) is 15.0. The van der Waals surface area contributed by atoms with Crippen molar-refractivity contribution < 1.29 is 18.4 Å².